The maximum atomic E-state index is 4.40. The van der Waals surface area contributed by atoms with E-state index in [0.29, 0.717) is 5.82 Å². The lowest BCUT2D eigenvalue weighted by Gasteiger charge is -2.16. The lowest BCUT2D eigenvalue weighted by Crippen LogP contribution is -2.05. The molecule has 98 valence electrons. The third-order valence-electron chi connectivity index (χ3n) is 3.65. The van der Waals surface area contributed by atoms with Crippen molar-refractivity contribution in [2.75, 3.05) is 12.4 Å². The molecule has 0 aliphatic heterocycles. The first-order chi connectivity index (χ1) is 9.28. The molecular formula is C15H18N4. The minimum Gasteiger partial charge on any atom is -0.371 e. The quantitative estimate of drug-likeness (QED) is 0.895. The molecule has 4 heteroatoms. The highest BCUT2D eigenvalue weighted by Crippen LogP contribution is 2.29. The number of aryl methyl sites for hydroxylation is 3. The summed E-state index contributed by atoms with van der Waals surface area (Å²) in [6, 6.07) is 6.60. The number of aromatic nitrogens is 3. The molecule has 0 spiro atoms. The summed E-state index contributed by atoms with van der Waals surface area (Å²) in [7, 11) is 1.87. The van der Waals surface area contributed by atoms with Gasteiger partial charge in [0.25, 0.3) is 0 Å². The minimum absolute atomic E-state index is 0.686. The van der Waals surface area contributed by atoms with E-state index in [0.717, 1.165) is 17.1 Å². The van der Waals surface area contributed by atoms with Crippen LogP contribution in [0, 0.1) is 6.92 Å². The van der Waals surface area contributed by atoms with Crippen LogP contribution in [-0.4, -0.2) is 22.2 Å². The normalized spacial score (nSPS) is 14.0. The molecule has 1 N–H and O–H groups in total. The van der Waals surface area contributed by atoms with Gasteiger partial charge in [-0.1, -0.05) is 12.1 Å². The Kier molecular flexibility index (Phi) is 3.15. The molecule has 0 saturated carbocycles. The van der Waals surface area contributed by atoms with Gasteiger partial charge in [0.1, 0.15) is 11.5 Å². The van der Waals surface area contributed by atoms with Crippen LogP contribution in [-0.2, 0) is 12.8 Å². The number of hydrogen-bond donors (Lipinski definition) is 1. The predicted molar refractivity (Wildman–Crippen MR) is 76.2 cm³/mol. The van der Waals surface area contributed by atoms with E-state index in [-0.39, 0.29) is 0 Å². The van der Waals surface area contributed by atoms with Crippen molar-refractivity contribution < 1.29 is 0 Å². The zero-order valence-electron chi connectivity index (χ0n) is 11.4. The number of hydrogen-bond acceptors (Lipinski definition) is 4. The second kappa shape index (κ2) is 4.96. The van der Waals surface area contributed by atoms with Crippen molar-refractivity contribution in [3.8, 4) is 11.3 Å². The fraction of sp³-hybridized carbons (Fsp3) is 0.400. The largest absolute Gasteiger partial charge is 0.371 e. The monoisotopic (exact) mass is 254 g/mol. The Labute approximate surface area is 113 Å². The molecule has 0 radical (unpaired) electrons. The summed E-state index contributed by atoms with van der Waals surface area (Å²) >= 11 is 0. The van der Waals surface area contributed by atoms with E-state index in [9.17, 15) is 0 Å². The standard InChI is InChI=1S/C15H18N4/c1-10-17-15(16-2)14(19-18-10)13-8-7-11-5-3-4-6-12(11)9-13/h7-9H,3-6H2,1-2H3,(H,16,17,18). The van der Waals surface area contributed by atoms with Crippen molar-refractivity contribution in [2.45, 2.75) is 32.6 Å². The van der Waals surface area contributed by atoms with Crippen molar-refractivity contribution >= 4 is 5.82 Å². The van der Waals surface area contributed by atoms with Crippen molar-refractivity contribution in [3.05, 3.63) is 35.2 Å². The Hall–Kier alpha value is -1.97. The summed E-state index contributed by atoms with van der Waals surface area (Å²) in [4.78, 5) is 4.40. The SMILES string of the molecule is CNc1nc(C)nnc1-c1ccc2c(c1)CCCC2. The van der Waals surface area contributed by atoms with Crippen LogP contribution in [0.3, 0.4) is 0 Å². The topological polar surface area (TPSA) is 50.7 Å². The van der Waals surface area contributed by atoms with Gasteiger partial charge in [-0.2, -0.15) is 0 Å². The number of fused-ring (bicyclic) bond motifs is 1. The molecule has 0 unspecified atom stereocenters. The van der Waals surface area contributed by atoms with E-state index >= 15 is 0 Å². The average Bonchev–Trinajstić information content (AvgIpc) is 2.46. The maximum Gasteiger partial charge on any atom is 0.156 e. The molecule has 1 aromatic heterocycles. The fourth-order valence-electron chi connectivity index (χ4n) is 2.66. The van der Waals surface area contributed by atoms with Crippen LogP contribution >= 0.6 is 0 Å². The Bertz CT molecular complexity index is 607. The average molecular weight is 254 g/mol. The van der Waals surface area contributed by atoms with Gasteiger partial charge in [-0.25, -0.2) is 4.98 Å². The zero-order chi connectivity index (χ0) is 13.2. The highest BCUT2D eigenvalue weighted by molar-refractivity contribution is 5.71. The van der Waals surface area contributed by atoms with Crippen molar-refractivity contribution in [1.29, 1.82) is 0 Å². The predicted octanol–water partition coefficient (Wildman–Crippen LogP) is 2.77. The fourth-order valence-corrected chi connectivity index (χ4v) is 2.66. The summed E-state index contributed by atoms with van der Waals surface area (Å²) < 4.78 is 0. The molecule has 1 aliphatic rings. The molecule has 19 heavy (non-hydrogen) atoms. The molecule has 2 aromatic rings. The van der Waals surface area contributed by atoms with E-state index in [1.165, 1.54) is 36.8 Å². The van der Waals surface area contributed by atoms with Gasteiger partial charge >= 0.3 is 0 Å². The zero-order valence-corrected chi connectivity index (χ0v) is 11.4. The summed E-state index contributed by atoms with van der Waals surface area (Å²) in [6.45, 7) is 1.85. The van der Waals surface area contributed by atoms with Crippen LogP contribution in [0.1, 0.15) is 29.8 Å². The second-order valence-electron chi connectivity index (χ2n) is 5.00. The molecule has 0 fully saturated rings. The van der Waals surface area contributed by atoms with Gasteiger partial charge in [-0.15, -0.1) is 10.2 Å². The van der Waals surface area contributed by atoms with Crippen LogP contribution in [0.2, 0.25) is 0 Å². The minimum atomic E-state index is 0.686. The lowest BCUT2D eigenvalue weighted by molar-refractivity contribution is 0.686. The molecule has 1 aliphatic carbocycles. The number of nitrogens with one attached hydrogen (secondary N) is 1. The van der Waals surface area contributed by atoms with Gasteiger partial charge in [0.15, 0.2) is 5.82 Å². The molecule has 0 amide bonds. The summed E-state index contributed by atoms with van der Waals surface area (Å²) in [5.41, 5.74) is 4.87. The van der Waals surface area contributed by atoms with Crippen LogP contribution in [0.25, 0.3) is 11.3 Å². The maximum absolute atomic E-state index is 4.40. The first-order valence-electron chi connectivity index (χ1n) is 6.79. The van der Waals surface area contributed by atoms with E-state index in [2.05, 4.69) is 38.7 Å². The first kappa shape index (κ1) is 12.1. The van der Waals surface area contributed by atoms with Gasteiger partial charge in [0.05, 0.1) is 0 Å². The lowest BCUT2D eigenvalue weighted by atomic mass is 9.90. The van der Waals surface area contributed by atoms with E-state index in [1.54, 1.807) is 0 Å². The van der Waals surface area contributed by atoms with Crippen LogP contribution in [0.15, 0.2) is 18.2 Å². The van der Waals surface area contributed by atoms with Crippen molar-refractivity contribution in [3.63, 3.8) is 0 Å². The molecule has 3 rings (SSSR count). The molecule has 0 atom stereocenters. The first-order valence-corrected chi connectivity index (χ1v) is 6.79. The van der Waals surface area contributed by atoms with E-state index in [1.807, 2.05) is 14.0 Å². The third-order valence-corrected chi connectivity index (χ3v) is 3.65. The third kappa shape index (κ3) is 2.30. The van der Waals surface area contributed by atoms with Gasteiger partial charge in [-0.05, 0) is 49.8 Å². The molecule has 0 saturated heterocycles. The number of nitrogens with zero attached hydrogens (tertiary/aromatic N) is 3. The van der Waals surface area contributed by atoms with Crippen LogP contribution < -0.4 is 5.32 Å². The van der Waals surface area contributed by atoms with Crippen LogP contribution in [0.5, 0.6) is 0 Å². The van der Waals surface area contributed by atoms with Gasteiger partial charge in [-0.3, -0.25) is 0 Å². The Balaban J connectivity index is 2.07. The molecule has 0 bridgehead atoms. The summed E-state index contributed by atoms with van der Waals surface area (Å²) in [5, 5.41) is 11.5. The molecule has 4 nitrogen and oxygen atoms in total. The molecule has 1 heterocycles. The number of anilines is 1. The Morgan fingerprint density at radius 1 is 1.05 bits per heavy atom. The number of benzene rings is 1. The highest BCUT2D eigenvalue weighted by Gasteiger charge is 2.13. The Morgan fingerprint density at radius 2 is 1.84 bits per heavy atom. The van der Waals surface area contributed by atoms with Gasteiger partial charge in [0.2, 0.25) is 0 Å². The molecule has 1 aromatic carbocycles. The smallest absolute Gasteiger partial charge is 0.156 e. The van der Waals surface area contributed by atoms with Gasteiger partial charge < -0.3 is 5.32 Å². The highest BCUT2D eigenvalue weighted by atomic mass is 15.2. The van der Waals surface area contributed by atoms with E-state index in [4.69, 9.17) is 0 Å². The number of rotatable bonds is 2. The summed E-state index contributed by atoms with van der Waals surface area (Å²) in [5.74, 6) is 1.48. The second-order valence-corrected chi connectivity index (χ2v) is 5.00. The van der Waals surface area contributed by atoms with Crippen molar-refractivity contribution in [1.82, 2.24) is 15.2 Å². The van der Waals surface area contributed by atoms with Gasteiger partial charge in [0, 0.05) is 12.6 Å². The van der Waals surface area contributed by atoms with Crippen LogP contribution in [0.4, 0.5) is 5.82 Å². The Morgan fingerprint density at radius 3 is 2.63 bits per heavy atom. The molecular weight excluding hydrogens is 236 g/mol. The van der Waals surface area contributed by atoms with E-state index < -0.39 is 0 Å². The van der Waals surface area contributed by atoms with Crippen molar-refractivity contribution in [2.24, 2.45) is 0 Å². The summed E-state index contributed by atoms with van der Waals surface area (Å²) in [6.07, 6.45) is 4.96.